The average Bonchev–Trinajstić information content (AvgIpc) is 2.41. The molecule has 0 aliphatic rings. The number of alkyl halides is 3. The standard InChI is InChI=1S/C14H14F3N3/c1-9-12(6-3-7-19-9)13(20-18)10-4-2-5-11(8-10)14(15,16)17/h2-8,13,20H,18H2,1H3. The molecule has 1 aromatic carbocycles. The van der Waals surface area contributed by atoms with Crippen LogP contribution in [0.2, 0.25) is 0 Å². The van der Waals surface area contributed by atoms with Crippen LogP contribution in [0.15, 0.2) is 42.6 Å². The maximum Gasteiger partial charge on any atom is 0.416 e. The van der Waals surface area contributed by atoms with Gasteiger partial charge >= 0.3 is 6.18 Å². The Bertz CT molecular complexity index is 596. The molecule has 0 saturated heterocycles. The van der Waals surface area contributed by atoms with Gasteiger partial charge < -0.3 is 0 Å². The summed E-state index contributed by atoms with van der Waals surface area (Å²) in [6.07, 6.45) is -2.75. The molecule has 0 saturated carbocycles. The first-order chi connectivity index (χ1) is 9.43. The Morgan fingerprint density at radius 2 is 1.95 bits per heavy atom. The number of pyridine rings is 1. The van der Waals surface area contributed by atoms with Crippen LogP contribution in [0.3, 0.4) is 0 Å². The quantitative estimate of drug-likeness (QED) is 0.671. The summed E-state index contributed by atoms with van der Waals surface area (Å²) in [5.41, 5.74) is 3.75. The normalized spacial score (nSPS) is 13.2. The molecule has 0 fully saturated rings. The number of hydrogen-bond acceptors (Lipinski definition) is 3. The maximum absolute atomic E-state index is 12.8. The second-order valence-corrected chi connectivity index (χ2v) is 4.40. The van der Waals surface area contributed by atoms with Crippen LogP contribution in [-0.4, -0.2) is 4.98 Å². The molecule has 0 radical (unpaired) electrons. The number of nitrogens with one attached hydrogen (secondary N) is 1. The number of aryl methyl sites for hydroxylation is 1. The van der Waals surface area contributed by atoms with Gasteiger partial charge in [0.2, 0.25) is 0 Å². The molecule has 0 bridgehead atoms. The fraction of sp³-hybridized carbons (Fsp3) is 0.214. The van der Waals surface area contributed by atoms with Crippen LogP contribution in [0.5, 0.6) is 0 Å². The average molecular weight is 281 g/mol. The highest BCUT2D eigenvalue weighted by Crippen LogP contribution is 2.32. The molecule has 0 spiro atoms. The van der Waals surface area contributed by atoms with Crippen molar-refractivity contribution >= 4 is 0 Å². The van der Waals surface area contributed by atoms with Crippen molar-refractivity contribution in [3.8, 4) is 0 Å². The minimum atomic E-state index is -4.38. The van der Waals surface area contributed by atoms with E-state index in [1.54, 1.807) is 31.3 Å². The minimum absolute atomic E-state index is 0.443. The van der Waals surface area contributed by atoms with E-state index in [1.807, 2.05) is 0 Å². The van der Waals surface area contributed by atoms with E-state index >= 15 is 0 Å². The van der Waals surface area contributed by atoms with Gasteiger partial charge in [0.05, 0.1) is 11.6 Å². The molecule has 0 aliphatic heterocycles. The first-order valence-corrected chi connectivity index (χ1v) is 5.98. The summed E-state index contributed by atoms with van der Waals surface area (Å²) in [7, 11) is 0. The predicted molar refractivity (Wildman–Crippen MR) is 69.6 cm³/mol. The number of nitrogens with zero attached hydrogens (tertiary/aromatic N) is 1. The molecule has 1 aromatic heterocycles. The van der Waals surface area contributed by atoms with Gasteiger partial charge in [-0.05, 0) is 36.2 Å². The third kappa shape index (κ3) is 2.97. The Balaban J connectivity index is 2.46. The van der Waals surface area contributed by atoms with Crippen LogP contribution in [0.1, 0.15) is 28.4 Å². The van der Waals surface area contributed by atoms with Gasteiger partial charge in [-0.3, -0.25) is 10.8 Å². The largest absolute Gasteiger partial charge is 0.416 e. The van der Waals surface area contributed by atoms with Crippen LogP contribution >= 0.6 is 0 Å². The molecule has 3 nitrogen and oxygen atoms in total. The van der Waals surface area contributed by atoms with E-state index in [1.165, 1.54) is 6.07 Å². The van der Waals surface area contributed by atoms with Crippen molar-refractivity contribution in [3.63, 3.8) is 0 Å². The Morgan fingerprint density at radius 3 is 2.55 bits per heavy atom. The Morgan fingerprint density at radius 1 is 1.20 bits per heavy atom. The lowest BCUT2D eigenvalue weighted by molar-refractivity contribution is -0.137. The molecule has 106 valence electrons. The summed E-state index contributed by atoms with van der Waals surface area (Å²) >= 11 is 0. The van der Waals surface area contributed by atoms with Gasteiger partial charge in [-0.25, -0.2) is 5.43 Å². The number of aromatic nitrogens is 1. The lowest BCUT2D eigenvalue weighted by Gasteiger charge is -2.19. The molecule has 0 aliphatic carbocycles. The zero-order chi connectivity index (χ0) is 14.8. The smallest absolute Gasteiger partial charge is 0.271 e. The molecule has 2 aromatic rings. The molecule has 0 amide bonds. The van der Waals surface area contributed by atoms with E-state index in [2.05, 4.69) is 10.4 Å². The number of nitrogens with two attached hydrogens (primary N) is 1. The van der Waals surface area contributed by atoms with Gasteiger partial charge in [0.1, 0.15) is 0 Å². The van der Waals surface area contributed by atoms with Crippen LogP contribution in [0.4, 0.5) is 13.2 Å². The third-order valence-electron chi connectivity index (χ3n) is 3.07. The molecule has 6 heteroatoms. The summed E-state index contributed by atoms with van der Waals surface area (Å²) in [5.74, 6) is 5.51. The summed E-state index contributed by atoms with van der Waals surface area (Å²) in [4.78, 5) is 4.13. The number of halogens is 3. The van der Waals surface area contributed by atoms with E-state index in [0.29, 0.717) is 11.3 Å². The first-order valence-electron chi connectivity index (χ1n) is 5.98. The second kappa shape index (κ2) is 5.60. The summed E-state index contributed by atoms with van der Waals surface area (Å²) in [6.45, 7) is 1.79. The molecule has 1 heterocycles. The van der Waals surface area contributed by atoms with Crippen molar-refractivity contribution in [3.05, 3.63) is 65.0 Å². The summed E-state index contributed by atoms with van der Waals surface area (Å²) < 4.78 is 38.3. The van der Waals surface area contributed by atoms with Crippen LogP contribution in [-0.2, 0) is 6.18 Å². The van der Waals surface area contributed by atoms with Gasteiger partial charge in [0, 0.05) is 11.9 Å². The fourth-order valence-electron chi connectivity index (χ4n) is 2.06. The highest BCUT2D eigenvalue weighted by atomic mass is 19.4. The number of hydrazine groups is 1. The maximum atomic E-state index is 12.8. The fourth-order valence-corrected chi connectivity index (χ4v) is 2.06. The minimum Gasteiger partial charge on any atom is -0.271 e. The van der Waals surface area contributed by atoms with Crippen LogP contribution < -0.4 is 11.3 Å². The van der Waals surface area contributed by atoms with Crippen LogP contribution in [0, 0.1) is 6.92 Å². The molecule has 20 heavy (non-hydrogen) atoms. The lowest BCUT2D eigenvalue weighted by Crippen LogP contribution is -2.29. The van der Waals surface area contributed by atoms with E-state index < -0.39 is 17.8 Å². The second-order valence-electron chi connectivity index (χ2n) is 4.40. The van der Waals surface area contributed by atoms with Crippen molar-refractivity contribution in [1.29, 1.82) is 0 Å². The van der Waals surface area contributed by atoms with Gasteiger partial charge in [-0.2, -0.15) is 13.2 Å². The lowest BCUT2D eigenvalue weighted by atomic mass is 9.96. The monoisotopic (exact) mass is 281 g/mol. The third-order valence-corrected chi connectivity index (χ3v) is 3.07. The topological polar surface area (TPSA) is 50.9 Å². The Hall–Kier alpha value is -1.92. The molecule has 1 unspecified atom stereocenters. The first kappa shape index (κ1) is 14.5. The van der Waals surface area contributed by atoms with Gasteiger partial charge in [0.25, 0.3) is 0 Å². The molecular formula is C14H14F3N3. The SMILES string of the molecule is Cc1ncccc1C(NN)c1cccc(C(F)(F)F)c1. The Kier molecular flexibility index (Phi) is 4.06. The predicted octanol–water partition coefficient (Wildman–Crippen LogP) is 2.96. The summed E-state index contributed by atoms with van der Waals surface area (Å²) in [5, 5.41) is 0. The van der Waals surface area contributed by atoms with E-state index in [9.17, 15) is 13.2 Å². The van der Waals surface area contributed by atoms with E-state index in [0.717, 1.165) is 17.7 Å². The summed E-state index contributed by atoms with van der Waals surface area (Å²) in [6, 6.07) is 8.07. The number of rotatable bonds is 3. The van der Waals surface area contributed by atoms with Crippen molar-refractivity contribution in [2.75, 3.05) is 0 Å². The van der Waals surface area contributed by atoms with E-state index in [-0.39, 0.29) is 0 Å². The van der Waals surface area contributed by atoms with Crippen LogP contribution in [0.25, 0.3) is 0 Å². The number of hydrogen-bond donors (Lipinski definition) is 2. The number of benzene rings is 1. The highest BCUT2D eigenvalue weighted by Gasteiger charge is 2.31. The molecule has 3 N–H and O–H groups in total. The van der Waals surface area contributed by atoms with Crippen molar-refractivity contribution in [2.45, 2.75) is 19.1 Å². The van der Waals surface area contributed by atoms with E-state index in [4.69, 9.17) is 5.84 Å². The van der Waals surface area contributed by atoms with Gasteiger partial charge in [-0.15, -0.1) is 0 Å². The molecule has 2 rings (SSSR count). The zero-order valence-electron chi connectivity index (χ0n) is 10.8. The van der Waals surface area contributed by atoms with Crippen molar-refractivity contribution in [1.82, 2.24) is 10.4 Å². The van der Waals surface area contributed by atoms with Gasteiger partial charge in [0.15, 0.2) is 0 Å². The zero-order valence-corrected chi connectivity index (χ0v) is 10.8. The van der Waals surface area contributed by atoms with Crippen molar-refractivity contribution in [2.24, 2.45) is 5.84 Å². The molecule has 1 atom stereocenters. The van der Waals surface area contributed by atoms with Gasteiger partial charge in [-0.1, -0.05) is 18.2 Å². The molecular weight excluding hydrogens is 267 g/mol. The highest BCUT2D eigenvalue weighted by molar-refractivity contribution is 5.36. The van der Waals surface area contributed by atoms with Crippen molar-refractivity contribution < 1.29 is 13.2 Å². The Labute approximate surface area is 114 Å².